The Balaban J connectivity index is 2.07. The molecular weight excluding hydrogens is 358 g/mol. The summed E-state index contributed by atoms with van der Waals surface area (Å²) in [7, 11) is 2.96. The number of ether oxygens (including phenoxy) is 2. The molecule has 2 aromatic carbocycles. The van der Waals surface area contributed by atoms with Gasteiger partial charge in [0.05, 0.1) is 14.2 Å². The van der Waals surface area contributed by atoms with Crippen LogP contribution in [0.2, 0.25) is 0 Å². The molecule has 28 heavy (non-hydrogen) atoms. The number of benzene rings is 2. The molecule has 7 heteroatoms. The van der Waals surface area contributed by atoms with E-state index in [4.69, 9.17) is 9.47 Å². The number of hydrogen-bond acceptors (Lipinski definition) is 6. The molecule has 0 spiro atoms. The Labute approximate surface area is 162 Å². The second-order valence-corrected chi connectivity index (χ2v) is 5.91. The van der Waals surface area contributed by atoms with Gasteiger partial charge in [-0.1, -0.05) is 42.5 Å². The van der Waals surface area contributed by atoms with Crippen molar-refractivity contribution in [1.29, 1.82) is 0 Å². The molecule has 0 radical (unpaired) electrons. The fraction of sp³-hybridized carbons (Fsp3) is 0.143. The van der Waals surface area contributed by atoms with Crippen LogP contribution >= 0.6 is 0 Å². The minimum absolute atomic E-state index is 0.280. The maximum Gasteiger partial charge on any atom is 0.280 e. The average molecular weight is 379 g/mol. The van der Waals surface area contributed by atoms with Gasteiger partial charge in [-0.2, -0.15) is 0 Å². The Morgan fingerprint density at radius 1 is 0.893 bits per heavy atom. The average Bonchev–Trinajstić information content (AvgIpc) is 2.77. The summed E-state index contributed by atoms with van der Waals surface area (Å²) in [6.07, 6.45) is 1.58. The van der Waals surface area contributed by atoms with E-state index < -0.39 is 11.5 Å². The number of nitrogens with one attached hydrogen (secondary N) is 2. The summed E-state index contributed by atoms with van der Waals surface area (Å²) in [6.45, 7) is 0. The van der Waals surface area contributed by atoms with Gasteiger partial charge < -0.3 is 14.6 Å². The molecule has 0 atom stereocenters. The van der Waals surface area contributed by atoms with Crippen LogP contribution in [0.15, 0.2) is 72.9 Å². The summed E-state index contributed by atoms with van der Waals surface area (Å²) in [5, 5.41) is 11.7. The van der Waals surface area contributed by atoms with Gasteiger partial charge in [-0.15, -0.1) is 0 Å². The first kappa shape index (κ1) is 19.2. The van der Waals surface area contributed by atoms with Crippen LogP contribution in [0.3, 0.4) is 0 Å². The molecule has 0 saturated carbocycles. The van der Waals surface area contributed by atoms with Crippen molar-refractivity contribution in [2.75, 3.05) is 19.6 Å². The van der Waals surface area contributed by atoms with Gasteiger partial charge in [0, 0.05) is 17.3 Å². The van der Waals surface area contributed by atoms with Gasteiger partial charge in [-0.05, 0) is 24.3 Å². The molecule has 1 heterocycles. The number of hydrogen-bond donors (Lipinski definition) is 3. The number of aliphatic hydroxyl groups is 1. The Morgan fingerprint density at radius 3 is 1.93 bits per heavy atom. The van der Waals surface area contributed by atoms with Crippen molar-refractivity contribution in [2.45, 2.75) is 5.60 Å². The molecule has 1 amide bonds. The van der Waals surface area contributed by atoms with E-state index in [0.717, 1.165) is 0 Å². The molecule has 3 rings (SSSR count). The summed E-state index contributed by atoms with van der Waals surface area (Å²) >= 11 is 0. The molecular formula is C21H21N3O4. The molecule has 0 aliphatic rings. The zero-order valence-electron chi connectivity index (χ0n) is 15.5. The number of methoxy groups -OCH3 is 2. The van der Waals surface area contributed by atoms with Gasteiger partial charge in [-0.25, -0.2) is 4.98 Å². The minimum atomic E-state index is -2.08. The van der Waals surface area contributed by atoms with Crippen LogP contribution in [-0.2, 0) is 10.4 Å². The van der Waals surface area contributed by atoms with Crippen molar-refractivity contribution >= 4 is 11.7 Å². The first-order chi connectivity index (χ1) is 13.6. The molecule has 0 bridgehead atoms. The van der Waals surface area contributed by atoms with Crippen LogP contribution in [0.1, 0.15) is 11.1 Å². The monoisotopic (exact) mass is 379 g/mol. The second-order valence-electron chi connectivity index (χ2n) is 5.91. The third-order valence-corrected chi connectivity index (χ3v) is 4.29. The number of nitrogens with zero attached hydrogens (tertiary/aromatic N) is 1. The molecule has 0 unspecified atom stereocenters. The Hall–Kier alpha value is -3.58. The lowest BCUT2D eigenvalue weighted by molar-refractivity contribution is -0.136. The summed E-state index contributed by atoms with van der Waals surface area (Å²) in [5.41, 5.74) is 3.72. The number of rotatable bonds is 7. The number of carbonyl (C=O) groups is 1. The Bertz CT molecular complexity index is 900. The van der Waals surface area contributed by atoms with Gasteiger partial charge >= 0.3 is 0 Å². The van der Waals surface area contributed by atoms with Crippen molar-refractivity contribution < 1.29 is 19.4 Å². The first-order valence-corrected chi connectivity index (χ1v) is 8.58. The molecule has 0 saturated heterocycles. The van der Waals surface area contributed by atoms with Crippen LogP contribution in [0, 0.1) is 0 Å². The lowest BCUT2D eigenvalue weighted by Crippen LogP contribution is -2.47. The highest BCUT2D eigenvalue weighted by atomic mass is 16.5. The van der Waals surface area contributed by atoms with E-state index in [9.17, 15) is 9.90 Å². The minimum Gasteiger partial charge on any atom is -0.496 e. The standard InChI is InChI=1S/C21H21N3O4/c1-27-17-11-5-3-9-15(17)21(26,16-10-4-6-12-18(16)28-2)20(25)24-23-19-13-7-8-14-22-19/h3-14,26H,1-2H3,(H,22,23)(H,24,25). The smallest absolute Gasteiger partial charge is 0.280 e. The van der Waals surface area contributed by atoms with Crippen molar-refractivity contribution in [2.24, 2.45) is 0 Å². The van der Waals surface area contributed by atoms with E-state index in [1.165, 1.54) is 14.2 Å². The third-order valence-electron chi connectivity index (χ3n) is 4.29. The van der Waals surface area contributed by atoms with Crippen LogP contribution in [0.5, 0.6) is 11.5 Å². The molecule has 0 fully saturated rings. The number of amides is 1. The van der Waals surface area contributed by atoms with Crippen molar-refractivity contribution in [3.63, 3.8) is 0 Å². The topological polar surface area (TPSA) is 92.7 Å². The predicted molar refractivity (Wildman–Crippen MR) is 105 cm³/mol. The number of para-hydroxylation sites is 2. The van der Waals surface area contributed by atoms with E-state index >= 15 is 0 Å². The molecule has 0 aliphatic carbocycles. The number of pyridine rings is 1. The Morgan fingerprint density at radius 2 is 1.43 bits per heavy atom. The molecule has 3 N–H and O–H groups in total. The van der Waals surface area contributed by atoms with Crippen molar-refractivity contribution in [3.05, 3.63) is 84.1 Å². The highest BCUT2D eigenvalue weighted by molar-refractivity contribution is 5.92. The fourth-order valence-corrected chi connectivity index (χ4v) is 2.92. The summed E-state index contributed by atoms with van der Waals surface area (Å²) in [6, 6.07) is 18.8. The van der Waals surface area contributed by atoms with Gasteiger partial charge in [0.15, 0.2) is 0 Å². The normalized spacial score (nSPS) is 10.8. The van der Waals surface area contributed by atoms with Crippen LogP contribution in [0.4, 0.5) is 5.82 Å². The van der Waals surface area contributed by atoms with Crippen LogP contribution in [-0.4, -0.2) is 30.2 Å². The predicted octanol–water partition coefficient (Wildman–Crippen LogP) is 2.48. The maximum atomic E-state index is 13.2. The van der Waals surface area contributed by atoms with Gasteiger partial charge in [0.1, 0.15) is 17.3 Å². The van der Waals surface area contributed by atoms with Crippen molar-refractivity contribution in [1.82, 2.24) is 10.4 Å². The van der Waals surface area contributed by atoms with E-state index in [1.807, 2.05) is 0 Å². The molecule has 1 aromatic heterocycles. The maximum absolute atomic E-state index is 13.2. The second kappa shape index (κ2) is 8.41. The lowest BCUT2D eigenvalue weighted by atomic mass is 9.84. The Kier molecular flexibility index (Phi) is 5.76. The zero-order chi connectivity index (χ0) is 20.0. The fourth-order valence-electron chi connectivity index (χ4n) is 2.92. The third kappa shape index (κ3) is 3.60. The molecule has 7 nitrogen and oxygen atoms in total. The van der Waals surface area contributed by atoms with E-state index in [1.54, 1.807) is 72.9 Å². The SMILES string of the molecule is COc1ccccc1C(O)(C(=O)NNc1ccccn1)c1ccccc1OC. The van der Waals surface area contributed by atoms with Gasteiger partial charge in [0.25, 0.3) is 5.91 Å². The molecule has 3 aromatic rings. The quantitative estimate of drug-likeness (QED) is 0.546. The van der Waals surface area contributed by atoms with E-state index in [-0.39, 0.29) is 11.1 Å². The molecule has 0 aliphatic heterocycles. The largest absolute Gasteiger partial charge is 0.496 e. The zero-order valence-corrected chi connectivity index (χ0v) is 15.5. The number of hydrazine groups is 1. The lowest BCUT2D eigenvalue weighted by Gasteiger charge is -2.30. The van der Waals surface area contributed by atoms with Gasteiger partial charge in [0.2, 0.25) is 5.60 Å². The number of aromatic nitrogens is 1. The van der Waals surface area contributed by atoms with E-state index in [2.05, 4.69) is 15.8 Å². The highest BCUT2D eigenvalue weighted by Gasteiger charge is 2.44. The van der Waals surface area contributed by atoms with E-state index in [0.29, 0.717) is 17.3 Å². The summed E-state index contributed by atoms with van der Waals surface area (Å²) < 4.78 is 10.8. The van der Waals surface area contributed by atoms with Crippen molar-refractivity contribution in [3.8, 4) is 11.5 Å². The number of anilines is 1. The summed E-state index contributed by atoms with van der Waals surface area (Å²) in [4.78, 5) is 17.3. The number of carbonyl (C=O) groups excluding carboxylic acids is 1. The molecule has 144 valence electrons. The summed E-state index contributed by atoms with van der Waals surface area (Å²) in [5.74, 6) is 0.443. The first-order valence-electron chi connectivity index (χ1n) is 8.58. The van der Waals surface area contributed by atoms with Gasteiger partial charge in [-0.3, -0.25) is 15.6 Å². The van der Waals surface area contributed by atoms with Crippen LogP contribution < -0.4 is 20.3 Å². The highest BCUT2D eigenvalue weighted by Crippen LogP contribution is 2.40. The van der Waals surface area contributed by atoms with Crippen LogP contribution in [0.25, 0.3) is 0 Å².